The van der Waals surface area contributed by atoms with Crippen molar-refractivity contribution < 1.29 is 14.7 Å². The second-order valence-electron chi connectivity index (χ2n) is 6.93. The molecule has 144 valence electrons. The van der Waals surface area contributed by atoms with Crippen molar-refractivity contribution in [2.75, 3.05) is 40.3 Å². The number of nitrogens with zero attached hydrogens (tertiary/aromatic N) is 3. The number of halogens is 1. The minimum absolute atomic E-state index is 0.0535. The zero-order valence-electron chi connectivity index (χ0n) is 15.7. The molecule has 1 N–H and O–H groups in total. The monoisotopic (exact) mass is 381 g/mol. The summed E-state index contributed by atoms with van der Waals surface area (Å²) in [4.78, 5) is 29.9. The Morgan fingerprint density at radius 1 is 1.31 bits per heavy atom. The molecule has 0 spiro atoms. The number of amides is 1. The molecule has 26 heavy (non-hydrogen) atoms. The van der Waals surface area contributed by atoms with Crippen LogP contribution in [0.5, 0.6) is 0 Å². The van der Waals surface area contributed by atoms with Crippen LogP contribution in [0, 0.1) is 0 Å². The molecule has 1 aromatic carbocycles. The standard InChI is InChI=1S/C19H28ClN3O3/c1-4-22(13-17(24)25)16-8-10-23(11-9-16)19(26)18(21(2)3)14-6-5-7-15(20)12-14/h5-7,12,16,18H,4,8-11,13H2,1-3H3,(H,24,25). The maximum absolute atomic E-state index is 13.1. The summed E-state index contributed by atoms with van der Waals surface area (Å²) in [5, 5.41) is 9.66. The maximum Gasteiger partial charge on any atom is 0.317 e. The molecule has 7 heteroatoms. The second-order valence-corrected chi connectivity index (χ2v) is 7.37. The SMILES string of the molecule is CCN(CC(=O)O)C1CCN(C(=O)C(c2cccc(Cl)c2)N(C)C)CC1. The van der Waals surface area contributed by atoms with Crippen LogP contribution >= 0.6 is 11.6 Å². The summed E-state index contributed by atoms with van der Waals surface area (Å²) in [5.41, 5.74) is 0.885. The topological polar surface area (TPSA) is 64.1 Å². The first-order valence-corrected chi connectivity index (χ1v) is 9.37. The molecule has 0 aromatic heterocycles. The highest BCUT2D eigenvalue weighted by Crippen LogP contribution is 2.26. The van der Waals surface area contributed by atoms with Gasteiger partial charge in [0.05, 0.1) is 6.54 Å². The minimum atomic E-state index is -0.806. The molecule has 2 rings (SSSR count). The van der Waals surface area contributed by atoms with Gasteiger partial charge in [0.2, 0.25) is 5.91 Å². The van der Waals surface area contributed by atoms with E-state index in [9.17, 15) is 9.59 Å². The average molecular weight is 382 g/mol. The normalized spacial score (nSPS) is 16.9. The van der Waals surface area contributed by atoms with Gasteiger partial charge in [0, 0.05) is 24.2 Å². The summed E-state index contributed by atoms with van der Waals surface area (Å²) in [6.07, 6.45) is 1.59. The van der Waals surface area contributed by atoms with Crippen LogP contribution in [0.2, 0.25) is 5.02 Å². The molecule has 1 aliphatic rings. The van der Waals surface area contributed by atoms with Crippen LogP contribution in [0.4, 0.5) is 0 Å². The van der Waals surface area contributed by atoms with Crippen molar-refractivity contribution in [2.45, 2.75) is 31.8 Å². The molecular formula is C19H28ClN3O3. The molecule has 6 nitrogen and oxygen atoms in total. The van der Waals surface area contributed by atoms with Gasteiger partial charge in [-0.25, -0.2) is 0 Å². The molecule has 1 unspecified atom stereocenters. The van der Waals surface area contributed by atoms with Gasteiger partial charge in [-0.3, -0.25) is 19.4 Å². The first kappa shape index (κ1) is 20.7. The lowest BCUT2D eigenvalue weighted by molar-refractivity contribution is -0.141. The Morgan fingerprint density at radius 2 is 1.96 bits per heavy atom. The van der Waals surface area contributed by atoms with Crippen molar-refractivity contribution in [2.24, 2.45) is 0 Å². The van der Waals surface area contributed by atoms with Crippen molar-refractivity contribution >= 4 is 23.5 Å². The van der Waals surface area contributed by atoms with Gasteiger partial charge in [0.1, 0.15) is 6.04 Å². The van der Waals surface area contributed by atoms with E-state index >= 15 is 0 Å². The van der Waals surface area contributed by atoms with E-state index < -0.39 is 5.97 Å². The molecule has 1 heterocycles. The van der Waals surface area contributed by atoms with Crippen molar-refractivity contribution in [1.29, 1.82) is 0 Å². The van der Waals surface area contributed by atoms with Crippen LogP contribution in [-0.4, -0.2) is 78.0 Å². The number of aliphatic carboxylic acids is 1. The number of benzene rings is 1. The van der Waals surface area contributed by atoms with Crippen molar-refractivity contribution in [3.8, 4) is 0 Å². The van der Waals surface area contributed by atoms with Crippen molar-refractivity contribution in [3.63, 3.8) is 0 Å². The molecule has 0 aliphatic carbocycles. The van der Waals surface area contributed by atoms with Gasteiger partial charge in [-0.05, 0) is 51.2 Å². The maximum atomic E-state index is 13.1. The molecular weight excluding hydrogens is 354 g/mol. The molecule has 0 saturated carbocycles. The lowest BCUT2D eigenvalue weighted by Crippen LogP contribution is -2.50. The van der Waals surface area contributed by atoms with E-state index in [-0.39, 0.29) is 24.5 Å². The molecule has 1 amide bonds. The van der Waals surface area contributed by atoms with Gasteiger partial charge >= 0.3 is 5.97 Å². The fraction of sp³-hybridized carbons (Fsp3) is 0.579. The molecule has 1 aromatic rings. The summed E-state index contributed by atoms with van der Waals surface area (Å²) in [6.45, 7) is 4.02. The highest BCUT2D eigenvalue weighted by atomic mass is 35.5. The highest BCUT2D eigenvalue weighted by Gasteiger charge is 2.32. The summed E-state index contributed by atoms with van der Waals surface area (Å²) >= 11 is 6.10. The summed E-state index contributed by atoms with van der Waals surface area (Å²) in [5.74, 6) is -0.740. The number of likely N-dealkylation sites (tertiary alicyclic amines) is 1. The van der Waals surface area contributed by atoms with Gasteiger partial charge in [-0.2, -0.15) is 0 Å². The first-order chi connectivity index (χ1) is 12.3. The third kappa shape index (κ3) is 5.19. The largest absolute Gasteiger partial charge is 0.480 e. The van der Waals surface area contributed by atoms with Crippen LogP contribution in [-0.2, 0) is 9.59 Å². The Bertz CT molecular complexity index is 630. The summed E-state index contributed by atoms with van der Waals surface area (Å²) in [6, 6.07) is 7.26. The van der Waals surface area contributed by atoms with E-state index in [4.69, 9.17) is 16.7 Å². The van der Waals surface area contributed by atoms with Crippen LogP contribution < -0.4 is 0 Å². The third-order valence-electron chi connectivity index (χ3n) is 4.95. The van der Waals surface area contributed by atoms with E-state index in [2.05, 4.69) is 0 Å². The number of carbonyl (C=O) groups excluding carboxylic acids is 1. The van der Waals surface area contributed by atoms with Crippen LogP contribution in [0.25, 0.3) is 0 Å². The number of rotatable bonds is 7. The predicted octanol–water partition coefficient (Wildman–Crippen LogP) is 2.34. The number of carbonyl (C=O) groups is 2. The first-order valence-electron chi connectivity index (χ1n) is 9.00. The Hall–Kier alpha value is -1.63. The summed E-state index contributed by atoms with van der Waals surface area (Å²) in [7, 11) is 3.78. The third-order valence-corrected chi connectivity index (χ3v) is 5.19. The Kier molecular flexibility index (Phi) is 7.43. The molecule has 1 fully saturated rings. The van der Waals surface area contributed by atoms with Crippen LogP contribution in [0.1, 0.15) is 31.4 Å². The molecule has 1 atom stereocenters. The lowest BCUT2D eigenvalue weighted by atomic mass is 9.99. The number of piperidine rings is 1. The number of carboxylic acid groups (broad SMARTS) is 1. The fourth-order valence-corrected chi connectivity index (χ4v) is 3.83. The summed E-state index contributed by atoms with van der Waals surface area (Å²) < 4.78 is 0. The predicted molar refractivity (Wildman–Crippen MR) is 102 cm³/mol. The van der Waals surface area contributed by atoms with Gasteiger partial charge < -0.3 is 10.0 Å². The number of hydrogen-bond donors (Lipinski definition) is 1. The highest BCUT2D eigenvalue weighted by molar-refractivity contribution is 6.30. The second kappa shape index (κ2) is 9.35. The minimum Gasteiger partial charge on any atom is -0.480 e. The van der Waals surface area contributed by atoms with E-state index in [1.54, 1.807) is 6.07 Å². The van der Waals surface area contributed by atoms with Crippen molar-refractivity contribution in [3.05, 3.63) is 34.9 Å². The molecule has 1 aliphatic heterocycles. The molecule has 0 radical (unpaired) electrons. The number of hydrogen-bond acceptors (Lipinski definition) is 4. The number of carboxylic acids is 1. The average Bonchev–Trinajstić information content (AvgIpc) is 2.59. The van der Waals surface area contributed by atoms with Crippen LogP contribution in [0.3, 0.4) is 0 Å². The Morgan fingerprint density at radius 3 is 2.46 bits per heavy atom. The van der Waals surface area contributed by atoms with Gasteiger partial charge in [0.15, 0.2) is 0 Å². The van der Waals surface area contributed by atoms with Gasteiger partial charge in [-0.15, -0.1) is 0 Å². The lowest BCUT2D eigenvalue weighted by Gasteiger charge is -2.39. The fourth-order valence-electron chi connectivity index (χ4n) is 3.64. The molecule has 0 bridgehead atoms. The Balaban J connectivity index is 2.04. The van der Waals surface area contributed by atoms with E-state index in [1.165, 1.54) is 0 Å². The van der Waals surface area contributed by atoms with E-state index in [0.717, 1.165) is 18.4 Å². The van der Waals surface area contributed by atoms with Crippen LogP contribution in [0.15, 0.2) is 24.3 Å². The Labute approximate surface area is 160 Å². The smallest absolute Gasteiger partial charge is 0.317 e. The quantitative estimate of drug-likeness (QED) is 0.785. The van der Waals surface area contributed by atoms with Gasteiger partial charge in [-0.1, -0.05) is 30.7 Å². The van der Waals surface area contributed by atoms with E-state index in [1.807, 2.05) is 53.9 Å². The zero-order chi connectivity index (χ0) is 19.3. The van der Waals surface area contributed by atoms with Crippen molar-refractivity contribution in [1.82, 2.24) is 14.7 Å². The van der Waals surface area contributed by atoms with E-state index in [0.29, 0.717) is 24.7 Å². The zero-order valence-corrected chi connectivity index (χ0v) is 16.4. The number of likely N-dealkylation sites (N-methyl/N-ethyl adjacent to an activating group) is 2. The van der Waals surface area contributed by atoms with Gasteiger partial charge in [0.25, 0.3) is 0 Å². The molecule has 1 saturated heterocycles.